The monoisotopic (exact) mass is 370 g/mol. The second-order valence-corrected chi connectivity index (χ2v) is 5.75. The van der Waals surface area contributed by atoms with Gasteiger partial charge in [0.25, 0.3) is 5.91 Å². The molecule has 1 amide bonds. The standard InChI is InChI=1S/C20H19FN2O4/c1-13-18(19(23-27-13)14-6-8-15(21)9-7-14)20(24)22-10-11-26-17-5-3-4-16(12-17)25-2/h3-9,12H,10-11H2,1-2H3,(H,22,24). The third-order valence-corrected chi connectivity index (χ3v) is 3.90. The maximum absolute atomic E-state index is 13.1. The number of carbonyl (C=O) groups excluding carboxylic acids is 1. The molecule has 140 valence electrons. The number of benzene rings is 2. The van der Waals surface area contributed by atoms with E-state index in [4.69, 9.17) is 14.0 Å². The quantitative estimate of drug-likeness (QED) is 0.643. The molecular formula is C20H19FN2O4. The van der Waals surface area contributed by atoms with Crippen LogP contribution in [0.2, 0.25) is 0 Å². The maximum Gasteiger partial charge on any atom is 0.257 e. The lowest BCUT2D eigenvalue weighted by molar-refractivity contribution is 0.0946. The van der Waals surface area contributed by atoms with Crippen molar-refractivity contribution in [3.63, 3.8) is 0 Å². The van der Waals surface area contributed by atoms with Gasteiger partial charge in [-0.25, -0.2) is 4.39 Å². The lowest BCUT2D eigenvalue weighted by Gasteiger charge is -2.09. The molecule has 1 N–H and O–H groups in total. The highest BCUT2D eigenvalue weighted by atomic mass is 19.1. The van der Waals surface area contributed by atoms with Crippen LogP contribution in [-0.2, 0) is 0 Å². The minimum absolute atomic E-state index is 0.287. The minimum Gasteiger partial charge on any atom is -0.497 e. The molecule has 0 radical (unpaired) electrons. The summed E-state index contributed by atoms with van der Waals surface area (Å²) in [5.74, 6) is 1.04. The van der Waals surface area contributed by atoms with Gasteiger partial charge in [0, 0.05) is 11.6 Å². The van der Waals surface area contributed by atoms with E-state index in [1.165, 1.54) is 12.1 Å². The van der Waals surface area contributed by atoms with Gasteiger partial charge in [-0.15, -0.1) is 0 Å². The highest BCUT2D eigenvalue weighted by Gasteiger charge is 2.21. The van der Waals surface area contributed by atoms with Gasteiger partial charge in [0.15, 0.2) is 0 Å². The molecule has 0 saturated carbocycles. The van der Waals surface area contributed by atoms with Gasteiger partial charge in [0.1, 0.15) is 40.9 Å². The molecule has 7 heteroatoms. The number of nitrogens with one attached hydrogen (secondary N) is 1. The van der Waals surface area contributed by atoms with E-state index >= 15 is 0 Å². The Bertz CT molecular complexity index is 922. The summed E-state index contributed by atoms with van der Waals surface area (Å²) in [4.78, 5) is 12.5. The molecule has 3 aromatic rings. The lowest BCUT2D eigenvalue weighted by atomic mass is 10.1. The van der Waals surface area contributed by atoms with Gasteiger partial charge in [-0.2, -0.15) is 0 Å². The molecule has 0 aliphatic heterocycles. The van der Waals surface area contributed by atoms with Gasteiger partial charge in [-0.05, 0) is 43.3 Å². The molecule has 0 fully saturated rings. The number of aromatic nitrogens is 1. The van der Waals surface area contributed by atoms with Crippen molar-refractivity contribution in [2.45, 2.75) is 6.92 Å². The molecule has 1 heterocycles. The second-order valence-electron chi connectivity index (χ2n) is 5.75. The fraction of sp³-hybridized carbons (Fsp3) is 0.200. The van der Waals surface area contributed by atoms with Crippen LogP contribution < -0.4 is 14.8 Å². The van der Waals surface area contributed by atoms with Crippen LogP contribution in [0, 0.1) is 12.7 Å². The zero-order chi connectivity index (χ0) is 19.2. The van der Waals surface area contributed by atoms with Crippen molar-refractivity contribution in [2.24, 2.45) is 0 Å². The van der Waals surface area contributed by atoms with E-state index in [-0.39, 0.29) is 18.3 Å². The molecule has 2 aromatic carbocycles. The number of methoxy groups -OCH3 is 1. The third kappa shape index (κ3) is 4.44. The van der Waals surface area contributed by atoms with E-state index in [0.717, 1.165) is 0 Å². The van der Waals surface area contributed by atoms with Gasteiger partial charge < -0.3 is 19.3 Å². The maximum atomic E-state index is 13.1. The van der Waals surface area contributed by atoms with Crippen molar-refractivity contribution >= 4 is 5.91 Å². The van der Waals surface area contributed by atoms with Gasteiger partial charge >= 0.3 is 0 Å². The van der Waals surface area contributed by atoms with Crippen molar-refractivity contribution in [3.05, 3.63) is 65.7 Å². The molecule has 0 aliphatic rings. The number of halogens is 1. The molecule has 0 atom stereocenters. The van der Waals surface area contributed by atoms with Gasteiger partial charge in [0.05, 0.1) is 13.7 Å². The Balaban J connectivity index is 1.61. The largest absolute Gasteiger partial charge is 0.497 e. The Hall–Kier alpha value is -3.35. The topological polar surface area (TPSA) is 73.6 Å². The lowest BCUT2D eigenvalue weighted by Crippen LogP contribution is -2.28. The summed E-state index contributed by atoms with van der Waals surface area (Å²) in [7, 11) is 1.58. The molecule has 0 saturated heterocycles. The first-order valence-electron chi connectivity index (χ1n) is 8.35. The van der Waals surface area contributed by atoms with E-state index in [1.54, 1.807) is 38.3 Å². The second kappa shape index (κ2) is 8.35. The molecule has 0 unspecified atom stereocenters. The Morgan fingerprint density at radius 3 is 2.67 bits per heavy atom. The van der Waals surface area contributed by atoms with Gasteiger partial charge in [-0.1, -0.05) is 11.2 Å². The van der Waals surface area contributed by atoms with E-state index in [2.05, 4.69) is 10.5 Å². The van der Waals surface area contributed by atoms with Crippen LogP contribution in [0.4, 0.5) is 4.39 Å². The van der Waals surface area contributed by atoms with Crippen LogP contribution in [0.1, 0.15) is 16.1 Å². The van der Waals surface area contributed by atoms with Crippen LogP contribution in [-0.4, -0.2) is 31.3 Å². The van der Waals surface area contributed by atoms with Crippen molar-refractivity contribution in [1.82, 2.24) is 10.5 Å². The number of hydrogen-bond acceptors (Lipinski definition) is 5. The number of carbonyl (C=O) groups is 1. The van der Waals surface area contributed by atoms with Crippen molar-refractivity contribution < 1.29 is 23.2 Å². The normalized spacial score (nSPS) is 10.5. The molecule has 3 rings (SSSR count). The summed E-state index contributed by atoms with van der Waals surface area (Å²) >= 11 is 0. The van der Waals surface area contributed by atoms with Crippen LogP contribution in [0.25, 0.3) is 11.3 Å². The molecule has 0 spiro atoms. The molecule has 0 bridgehead atoms. The average Bonchev–Trinajstić information content (AvgIpc) is 3.07. The zero-order valence-corrected chi connectivity index (χ0v) is 15.0. The van der Waals surface area contributed by atoms with Crippen LogP contribution >= 0.6 is 0 Å². The number of hydrogen-bond donors (Lipinski definition) is 1. The molecule has 0 aliphatic carbocycles. The Morgan fingerprint density at radius 1 is 1.19 bits per heavy atom. The average molecular weight is 370 g/mol. The number of aryl methyl sites for hydroxylation is 1. The third-order valence-electron chi connectivity index (χ3n) is 3.90. The van der Waals surface area contributed by atoms with Crippen molar-refractivity contribution in [3.8, 4) is 22.8 Å². The SMILES string of the molecule is COc1cccc(OCCNC(=O)c2c(-c3ccc(F)cc3)noc2C)c1. The van der Waals surface area contributed by atoms with Crippen LogP contribution in [0.3, 0.4) is 0 Å². The number of nitrogens with zero attached hydrogens (tertiary/aromatic N) is 1. The molecular weight excluding hydrogens is 351 g/mol. The van der Waals surface area contributed by atoms with Crippen LogP contribution in [0.15, 0.2) is 53.1 Å². The Morgan fingerprint density at radius 2 is 1.93 bits per heavy atom. The summed E-state index contributed by atoms with van der Waals surface area (Å²) in [6.45, 7) is 2.24. The van der Waals surface area contributed by atoms with E-state index in [9.17, 15) is 9.18 Å². The summed E-state index contributed by atoms with van der Waals surface area (Å²) < 4.78 is 29.0. The Labute approximate surface area is 155 Å². The number of rotatable bonds is 7. The first kappa shape index (κ1) is 18.4. The number of amides is 1. The summed E-state index contributed by atoms with van der Waals surface area (Å²) in [5.41, 5.74) is 1.30. The highest BCUT2D eigenvalue weighted by Crippen LogP contribution is 2.25. The molecule has 1 aromatic heterocycles. The predicted octanol–water partition coefficient (Wildman–Crippen LogP) is 3.61. The van der Waals surface area contributed by atoms with E-state index in [0.29, 0.717) is 40.6 Å². The van der Waals surface area contributed by atoms with E-state index < -0.39 is 0 Å². The fourth-order valence-electron chi connectivity index (χ4n) is 2.56. The fourth-order valence-corrected chi connectivity index (χ4v) is 2.56. The molecule has 6 nitrogen and oxygen atoms in total. The summed E-state index contributed by atoms with van der Waals surface area (Å²) in [6, 6.07) is 12.9. The minimum atomic E-state index is -0.361. The number of ether oxygens (including phenoxy) is 2. The zero-order valence-electron chi connectivity index (χ0n) is 15.0. The molecule has 27 heavy (non-hydrogen) atoms. The van der Waals surface area contributed by atoms with Gasteiger partial charge in [0.2, 0.25) is 0 Å². The summed E-state index contributed by atoms with van der Waals surface area (Å²) in [5, 5.41) is 6.71. The van der Waals surface area contributed by atoms with Crippen molar-refractivity contribution in [2.75, 3.05) is 20.3 Å². The van der Waals surface area contributed by atoms with E-state index in [1.807, 2.05) is 12.1 Å². The Kier molecular flexibility index (Phi) is 5.71. The first-order chi connectivity index (χ1) is 13.1. The smallest absolute Gasteiger partial charge is 0.257 e. The van der Waals surface area contributed by atoms with Crippen LogP contribution in [0.5, 0.6) is 11.5 Å². The highest BCUT2D eigenvalue weighted by molar-refractivity contribution is 6.00. The first-order valence-corrected chi connectivity index (χ1v) is 8.35. The van der Waals surface area contributed by atoms with Gasteiger partial charge in [-0.3, -0.25) is 4.79 Å². The summed E-state index contributed by atoms with van der Waals surface area (Å²) in [6.07, 6.45) is 0. The van der Waals surface area contributed by atoms with Crippen molar-refractivity contribution in [1.29, 1.82) is 0 Å². The predicted molar refractivity (Wildman–Crippen MR) is 97.5 cm³/mol.